The van der Waals surface area contributed by atoms with Crippen molar-refractivity contribution in [3.8, 4) is 11.3 Å². The van der Waals surface area contributed by atoms with Gasteiger partial charge in [-0.1, -0.05) is 6.92 Å². The molecule has 1 aromatic carbocycles. The summed E-state index contributed by atoms with van der Waals surface area (Å²) in [5.41, 5.74) is 2.87. The average Bonchev–Trinajstić information content (AvgIpc) is 3.17. The van der Waals surface area contributed by atoms with Gasteiger partial charge in [0.05, 0.1) is 18.4 Å². The lowest BCUT2D eigenvalue weighted by molar-refractivity contribution is 0.311. The number of hydrogen-bond acceptors (Lipinski definition) is 4. The van der Waals surface area contributed by atoms with Crippen LogP contribution in [0.1, 0.15) is 24.1 Å². The first-order chi connectivity index (χ1) is 11.2. The Kier molecular flexibility index (Phi) is 4.47. The third kappa shape index (κ3) is 3.62. The number of nitrogens with one attached hydrogen (secondary N) is 2. The fourth-order valence-electron chi connectivity index (χ4n) is 2.46. The molecule has 0 bridgehead atoms. The number of aromatic amines is 2. The van der Waals surface area contributed by atoms with Gasteiger partial charge in [-0.25, -0.2) is 9.37 Å². The predicted molar refractivity (Wildman–Crippen MR) is 84.9 cm³/mol. The number of aromatic nitrogens is 5. The van der Waals surface area contributed by atoms with Crippen molar-refractivity contribution >= 4 is 0 Å². The van der Waals surface area contributed by atoms with Crippen molar-refractivity contribution in [3.05, 3.63) is 53.5 Å². The van der Waals surface area contributed by atoms with E-state index in [-0.39, 0.29) is 5.82 Å². The zero-order valence-corrected chi connectivity index (χ0v) is 13.2. The molecule has 3 aromatic rings. The summed E-state index contributed by atoms with van der Waals surface area (Å²) in [5, 5.41) is 14.2. The molecule has 23 heavy (non-hydrogen) atoms. The van der Waals surface area contributed by atoms with Gasteiger partial charge in [0.1, 0.15) is 17.5 Å². The smallest absolute Gasteiger partial charge is 0.150 e. The Bertz CT molecular complexity index is 761. The molecule has 0 saturated carbocycles. The Morgan fingerprint density at radius 2 is 1.91 bits per heavy atom. The van der Waals surface area contributed by atoms with E-state index in [0.717, 1.165) is 34.9 Å². The highest BCUT2D eigenvalue weighted by Crippen LogP contribution is 2.22. The summed E-state index contributed by atoms with van der Waals surface area (Å²) in [4.78, 5) is 6.54. The van der Waals surface area contributed by atoms with Crippen LogP contribution in [0.5, 0.6) is 0 Å². The highest BCUT2D eigenvalue weighted by molar-refractivity contribution is 5.62. The minimum atomic E-state index is -0.246. The largest absolute Gasteiger partial charge is 0.295 e. The first-order valence-corrected chi connectivity index (χ1v) is 7.52. The summed E-state index contributed by atoms with van der Waals surface area (Å²) in [6.45, 7) is 3.39. The van der Waals surface area contributed by atoms with Gasteiger partial charge in [-0.05, 0) is 31.3 Å². The summed E-state index contributed by atoms with van der Waals surface area (Å²) in [6.07, 6.45) is 2.61. The number of H-pyrrole nitrogens is 2. The number of rotatable bonds is 6. The first-order valence-electron chi connectivity index (χ1n) is 7.52. The lowest BCUT2D eigenvalue weighted by Crippen LogP contribution is -2.18. The third-order valence-corrected chi connectivity index (χ3v) is 3.60. The molecule has 2 N–H and O–H groups in total. The van der Waals surface area contributed by atoms with E-state index in [9.17, 15) is 4.39 Å². The van der Waals surface area contributed by atoms with E-state index in [0.29, 0.717) is 13.1 Å². The summed E-state index contributed by atoms with van der Waals surface area (Å²) in [6, 6.07) is 6.39. The quantitative estimate of drug-likeness (QED) is 0.733. The minimum Gasteiger partial charge on any atom is -0.295 e. The van der Waals surface area contributed by atoms with Crippen LogP contribution in [0.2, 0.25) is 0 Å². The zero-order valence-electron chi connectivity index (χ0n) is 13.2. The van der Waals surface area contributed by atoms with Crippen molar-refractivity contribution in [3.63, 3.8) is 0 Å². The molecule has 0 unspecified atom stereocenters. The monoisotopic (exact) mass is 314 g/mol. The Hall–Kier alpha value is -2.54. The van der Waals surface area contributed by atoms with Crippen LogP contribution in [-0.2, 0) is 19.5 Å². The molecule has 0 fully saturated rings. The van der Waals surface area contributed by atoms with Crippen molar-refractivity contribution in [1.29, 1.82) is 0 Å². The van der Waals surface area contributed by atoms with E-state index in [1.54, 1.807) is 18.3 Å². The molecule has 0 aliphatic heterocycles. The number of hydrogen-bond donors (Lipinski definition) is 2. The fraction of sp³-hybridized carbons (Fsp3) is 0.312. The Balaban J connectivity index is 1.70. The summed E-state index contributed by atoms with van der Waals surface area (Å²) in [7, 11) is 2.01. The van der Waals surface area contributed by atoms with Gasteiger partial charge in [0, 0.05) is 24.1 Å². The van der Waals surface area contributed by atoms with Gasteiger partial charge in [0.2, 0.25) is 0 Å². The van der Waals surface area contributed by atoms with E-state index in [1.807, 2.05) is 14.0 Å². The Labute approximate surface area is 133 Å². The lowest BCUT2D eigenvalue weighted by atomic mass is 10.1. The molecular formula is C16H19FN6. The molecule has 6 nitrogen and oxygen atoms in total. The average molecular weight is 314 g/mol. The number of benzene rings is 1. The molecule has 0 saturated heterocycles. The molecule has 2 aromatic heterocycles. The van der Waals surface area contributed by atoms with Crippen molar-refractivity contribution in [1.82, 2.24) is 30.3 Å². The summed E-state index contributed by atoms with van der Waals surface area (Å²) < 4.78 is 13.1. The van der Waals surface area contributed by atoms with E-state index in [4.69, 9.17) is 0 Å². The zero-order chi connectivity index (χ0) is 16.2. The molecule has 0 aliphatic rings. The predicted octanol–water partition coefficient (Wildman–Crippen LogP) is 2.53. The molecule has 7 heteroatoms. The second-order valence-corrected chi connectivity index (χ2v) is 5.50. The van der Waals surface area contributed by atoms with Crippen molar-refractivity contribution < 1.29 is 4.39 Å². The molecule has 0 aliphatic carbocycles. The van der Waals surface area contributed by atoms with Crippen LogP contribution >= 0.6 is 0 Å². The van der Waals surface area contributed by atoms with Crippen LogP contribution in [0.15, 0.2) is 30.5 Å². The molecule has 3 rings (SSSR count). The van der Waals surface area contributed by atoms with Crippen LogP contribution < -0.4 is 0 Å². The van der Waals surface area contributed by atoms with Crippen molar-refractivity contribution in [2.45, 2.75) is 26.4 Å². The SMILES string of the molecule is CCc1n[nH]c(CN(C)Cc2cn[nH]c2-c2ccc(F)cc2)n1. The second kappa shape index (κ2) is 6.70. The van der Waals surface area contributed by atoms with E-state index < -0.39 is 0 Å². The first kappa shape index (κ1) is 15.4. The van der Waals surface area contributed by atoms with Gasteiger partial charge in [0.25, 0.3) is 0 Å². The lowest BCUT2D eigenvalue weighted by Gasteiger charge is -2.15. The maximum Gasteiger partial charge on any atom is 0.150 e. The molecule has 0 amide bonds. The highest BCUT2D eigenvalue weighted by Gasteiger charge is 2.12. The summed E-state index contributed by atoms with van der Waals surface area (Å²) >= 11 is 0. The van der Waals surface area contributed by atoms with Crippen LogP contribution in [0.3, 0.4) is 0 Å². The van der Waals surface area contributed by atoms with Crippen molar-refractivity contribution in [2.75, 3.05) is 7.05 Å². The van der Waals surface area contributed by atoms with Gasteiger partial charge in [0.15, 0.2) is 0 Å². The Morgan fingerprint density at radius 3 is 2.61 bits per heavy atom. The van der Waals surface area contributed by atoms with Crippen LogP contribution in [0.4, 0.5) is 4.39 Å². The molecule has 0 atom stereocenters. The van der Waals surface area contributed by atoms with E-state index in [2.05, 4.69) is 30.3 Å². The molecule has 0 radical (unpaired) electrons. The van der Waals surface area contributed by atoms with Gasteiger partial charge in [-0.15, -0.1) is 0 Å². The molecule has 2 heterocycles. The topological polar surface area (TPSA) is 73.5 Å². The number of nitrogens with zero attached hydrogens (tertiary/aromatic N) is 4. The van der Waals surface area contributed by atoms with Crippen LogP contribution in [0.25, 0.3) is 11.3 Å². The standard InChI is InChI=1S/C16H19FN6/c1-3-14-19-15(21-20-14)10-23(2)9-12-8-18-22-16(12)11-4-6-13(17)7-5-11/h4-8H,3,9-10H2,1-2H3,(H,18,22)(H,19,20,21). The fourth-order valence-corrected chi connectivity index (χ4v) is 2.46. The molecular weight excluding hydrogens is 295 g/mol. The van der Waals surface area contributed by atoms with E-state index >= 15 is 0 Å². The molecule has 120 valence electrons. The van der Waals surface area contributed by atoms with Gasteiger partial charge >= 0.3 is 0 Å². The van der Waals surface area contributed by atoms with E-state index in [1.165, 1.54) is 12.1 Å². The summed E-state index contributed by atoms with van der Waals surface area (Å²) in [5.74, 6) is 1.42. The number of aryl methyl sites for hydroxylation is 1. The van der Waals surface area contributed by atoms with Crippen molar-refractivity contribution in [2.24, 2.45) is 0 Å². The van der Waals surface area contributed by atoms with Gasteiger partial charge in [-0.3, -0.25) is 15.1 Å². The van der Waals surface area contributed by atoms with Crippen LogP contribution in [0, 0.1) is 5.82 Å². The van der Waals surface area contributed by atoms with Gasteiger partial charge < -0.3 is 0 Å². The van der Waals surface area contributed by atoms with Gasteiger partial charge in [-0.2, -0.15) is 10.2 Å². The minimum absolute atomic E-state index is 0.246. The van der Waals surface area contributed by atoms with Crippen LogP contribution in [-0.4, -0.2) is 37.3 Å². The normalized spacial score (nSPS) is 11.3. The molecule has 0 spiro atoms. The third-order valence-electron chi connectivity index (χ3n) is 3.60. The maximum atomic E-state index is 13.1. The number of halogens is 1. The Morgan fingerprint density at radius 1 is 1.13 bits per heavy atom. The highest BCUT2D eigenvalue weighted by atomic mass is 19.1. The second-order valence-electron chi connectivity index (χ2n) is 5.50. The maximum absolute atomic E-state index is 13.1.